The first-order chi connectivity index (χ1) is 17.1. The molecule has 0 radical (unpaired) electrons. The molecule has 1 aliphatic heterocycles. The van der Waals surface area contributed by atoms with Crippen LogP contribution >= 0.6 is 0 Å². The van der Waals surface area contributed by atoms with E-state index < -0.39 is 6.04 Å². The van der Waals surface area contributed by atoms with Gasteiger partial charge in [-0.1, -0.05) is 61.2 Å². The van der Waals surface area contributed by atoms with E-state index in [1.54, 1.807) is 41.3 Å². The predicted octanol–water partition coefficient (Wildman–Crippen LogP) is 5.50. The SMILES string of the molecule is C=CCOc1ccc(C2c3c(oc4ccccc4c3=O)C(=O)N2Cc2ccccc2)cc1OCC. The Balaban J connectivity index is 1.69. The van der Waals surface area contributed by atoms with Crippen LogP contribution in [0.25, 0.3) is 11.0 Å². The van der Waals surface area contributed by atoms with E-state index in [9.17, 15) is 9.59 Å². The topological polar surface area (TPSA) is 69.0 Å². The summed E-state index contributed by atoms with van der Waals surface area (Å²) in [5.41, 5.74) is 2.22. The number of nitrogens with zero attached hydrogens (tertiary/aromatic N) is 1. The van der Waals surface area contributed by atoms with Crippen LogP contribution in [0.4, 0.5) is 0 Å². The largest absolute Gasteiger partial charge is 0.490 e. The van der Waals surface area contributed by atoms with Gasteiger partial charge in [0.15, 0.2) is 16.9 Å². The molecule has 0 fully saturated rings. The van der Waals surface area contributed by atoms with E-state index in [1.165, 1.54) is 0 Å². The van der Waals surface area contributed by atoms with Gasteiger partial charge in [0.2, 0.25) is 5.76 Å². The number of hydrogen-bond donors (Lipinski definition) is 0. The molecule has 0 saturated heterocycles. The summed E-state index contributed by atoms with van der Waals surface area (Å²) in [6, 6.07) is 21.6. The first kappa shape index (κ1) is 22.5. The molecule has 6 nitrogen and oxygen atoms in total. The molecule has 0 spiro atoms. The molecule has 4 aromatic rings. The maximum atomic E-state index is 13.7. The van der Waals surface area contributed by atoms with Crippen molar-refractivity contribution in [2.24, 2.45) is 0 Å². The summed E-state index contributed by atoms with van der Waals surface area (Å²) in [6.45, 7) is 6.68. The fourth-order valence-electron chi connectivity index (χ4n) is 4.49. The fraction of sp³-hybridized carbons (Fsp3) is 0.172. The van der Waals surface area contributed by atoms with E-state index in [1.807, 2.05) is 49.4 Å². The number of rotatable bonds is 8. The van der Waals surface area contributed by atoms with Crippen molar-refractivity contribution in [3.63, 3.8) is 0 Å². The smallest absolute Gasteiger partial charge is 0.291 e. The van der Waals surface area contributed by atoms with Gasteiger partial charge >= 0.3 is 0 Å². The van der Waals surface area contributed by atoms with Crippen LogP contribution in [0.5, 0.6) is 11.5 Å². The van der Waals surface area contributed by atoms with Crippen LogP contribution in [0.3, 0.4) is 0 Å². The lowest BCUT2D eigenvalue weighted by Crippen LogP contribution is -2.29. The maximum absolute atomic E-state index is 13.7. The second kappa shape index (κ2) is 9.50. The van der Waals surface area contributed by atoms with E-state index in [0.717, 1.165) is 11.1 Å². The van der Waals surface area contributed by atoms with Gasteiger partial charge in [-0.3, -0.25) is 9.59 Å². The Morgan fingerprint density at radius 1 is 0.971 bits per heavy atom. The molecule has 1 aliphatic rings. The lowest BCUT2D eigenvalue weighted by molar-refractivity contribution is 0.0714. The number of carbonyl (C=O) groups excluding carboxylic acids is 1. The lowest BCUT2D eigenvalue weighted by atomic mass is 9.97. The van der Waals surface area contributed by atoms with Crippen molar-refractivity contribution < 1.29 is 18.7 Å². The molecule has 3 aromatic carbocycles. The predicted molar refractivity (Wildman–Crippen MR) is 134 cm³/mol. The average Bonchev–Trinajstić information content (AvgIpc) is 3.15. The van der Waals surface area contributed by atoms with Crippen molar-refractivity contribution in [3.8, 4) is 11.5 Å². The zero-order valence-electron chi connectivity index (χ0n) is 19.4. The second-order valence-electron chi connectivity index (χ2n) is 8.23. The second-order valence-corrected chi connectivity index (χ2v) is 8.23. The van der Waals surface area contributed by atoms with E-state index in [4.69, 9.17) is 13.9 Å². The van der Waals surface area contributed by atoms with Crippen LogP contribution in [0.15, 0.2) is 94.7 Å². The summed E-state index contributed by atoms with van der Waals surface area (Å²) in [6.07, 6.45) is 1.66. The van der Waals surface area contributed by atoms with Crippen molar-refractivity contribution in [3.05, 3.63) is 118 Å². The van der Waals surface area contributed by atoms with E-state index in [0.29, 0.717) is 47.8 Å². The number of ether oxygens (including phenoxy) is 2. The van der Waals surface area contributed by atoms with Crippen molar-refractivity contribution in [1.82, 2.24) is 4.90 Å². The molecule has 1 unspecified atom stereocenters. The number of benzene rings is 3. The van der Waals surface area contributed by atoms with E-state index in [-0.39, 0.29) is 17.1 Å². The third-order valence-electron chi connectivity index (χ3n) is 6.01. The molecule has 0 bridgehead atoms. The minimum atomic E-state index is -0.633. The molecular formula is C29H25NO5. The van der Waals surface area contributed by atoms with Crippen LogP contribution in [-0.2, 0) is 6.54 Å². The Morgan fingerprint density at radius 3 is 2.51 bits per heavy atom. The van der Waals surface area contributed by atoms with Gasteiger partial charge in [0.25, 0.3) is 5.91 Å². The molecule has 1 amide bonds. The molecule has 1 atom stereocenters. The first-order valence-corrected chi connectivity index (χ1v) is 11.5. The number of carbonyl (C=O) groups is 1. The van der Waals surface area contributed by atoms with Gasteiger partial charge < -0.3 is 18.8 Å². The average molecular weight is 468 g/mol. The Labute approximate surface area is 203 Å². The summed E-state index contributed by atoms with van der Waals surface area (Å²) in [5.74, 6) is 0.874. The number of hydrogen-bond acceptors (Lipinski definition) is 5. The zero-order valence-corrected chi connectivity index (χ0v) is 19.4. The fourth-order valence-corrected chi connectivity index (χ4v) is 4.49. The lowest BCUT2D eigenvalue weighted by Gasteiger charge is -2.26. The van der Waals surface area contributed by atoms with Gasteiger partial charge in [-0.05, 0) is 42.3 Å². The Bertz CT molecular complexity index is 1460. The Morgan fingerprint density at radius 2 is 1.74 bits per heavy atom. The van der Waals surface area contributed by atoms with Crippen LogP contribution in [0.2, 0.25) is 0 Å². The normalized spacial score (nSPS) is 14.7. The molecule has 176 valence electrons. The van der Waals surface area contributed by atoms with E-state index >= 15 is 0 Å². The van der Waals surface area contributed by atoms with Gasteiger partial charge in [0.05, 0.1) is 23.6 Å². The quantitative estimate of drug-likeness (QED) is 0.320. The van der Waals surface area contributed by atoms with Crippen molar-refractivity contribution in [1.29, 1.82) is 0 Å². The van der Waals surface area contributed by atoms with Crippen molar-refractivity contribution in [2.45, 2.75) is 19.5 Å². The molecule has 5 rings (SSSR count). The standard InChI is InChI=1S/C29H25NO5/c1-3-16-34-23-15-14-20(17-24(23)33-4-2)26-25-27(31)21-12-8-9-13-22(21)35-28(25)29(32)30(26)18-19-10-6-5-7-11-19/h3,5-15,17,26H,1,4,16,18H2,2H3. The zero-order chi connectivity index (χ0) is 24.4. The summed E-state index contributed by atoms with van der Waals surface area (Å²) < 4.78 is 17.6. The third-order valence-corrected chi connectivity index (χ3v) is 6.01. The van der Waals surface area contributed by atoms with Gasteiger partial charge in [0.1, 0.15) is 12.2 Å². The highest BCUT2D eigenvalue weighted by Gasteiger charge is 2.43. The summed E-state index contributed by atoms with van der Waals surface area (Å²) in [5, 5.41) is 0.446. The highest BCUT2D eigenvalue weighted by molar-refractivity contribution is 5.99. The Hall–Kier alpha value is -4.32. The van der Waals surface area contributed by atoms with E-state index in [2.05, 4.69) is 6.58 Å². The Kier molecular flexibility index (Phi) is 6.10. The third kappa shape index (κ3) is 4.08. The van der Waals surface area contributed by atoms with Gasteiger partial charge in [-0.25, -0.2) is 0 Å². The maximum Gasteiger partial charge on any atom is 0.291 e. The molecule has 0 N–H and O–H groups in total. The number of para-hydroxylation sites is 1. The van der Waals surface area contributed by atoms with Crippen LogP contribution in [-0.4, -0.2) is 24.0 Å². The number of amides is 1. The van der Waals surface area contributed by atoms with Crippen LogP contribution < -0.4 is 14.9 Å². The molecule has 0 saturated carbocycles. The monoisotopic (exact) mass is 467 g/mol. The minimum absolute atomic E-state index is 0.0829. The summed E-state index contributed by atoms with van der Waals surface area (Å²) in [7, 11) is 0. The van der Waals surface area contributed by atoms with Crippen LogP contribution in [0.1, 0.15) is 40.2 Å². The van der Waals surface area contributed by atoms with Gasteiger partial charge in [0, 0.05) is 6.54 Å². The highest BCUT2D eigenvalue weighted by atomic mass is 16.5. The molecule has 1 aromatic heterocycles. The highest BCUT2D eigenvalue weighted by Crippen LogP contribution is 2.41. The van der Waals surface area contributed by atoms with Crippen molar-refractivity contribution in [2.75, 3.05) is 13.2 Å². The molecule has 0 aliphatic carbocycles. The summed E-state index contributed by atoms with van der Waals surface area (Å²) >= 11 is 0. The minimum Gasteiger partial charge on any atom is -0.490 e. The molecular weight excluding hydrogens is 442 g/mol. The molecule has 2 heterocycles. The molecule has 6 heteroatoms. The summed E-state index contributed by atoms with van der Waals surface area (Å²) in [4.78, 5) is 29.0. The van der Waals surface area contributed by atoms with Crippen LogP contribution in [0, 0.1) is 0 Å². The van der Waals surface area contributed by atoms with Crippen molar-refractivity contribution >= 4 is 16.9 Å². The number of fused-ring (bicyclic) bond motifs is 2. The van der Waals surface area contributed by atoms with Gasteiger partial charge in [-0.2, -0.15) is 0 Å². The first-order valence-electron chi connectivity index (χ1n) is 11.5. The molecule has 35 heavy (non-hydrogen) atoms. The van der Waals surface area contributed by atoms with Gasteiger partial charge in [-0.15, -0.1) is 0 Å².